The van der Waals surface area contributed by atoms with Gasteiger partial charge < -0.3 is 10.6 Å². The molecule has 2 aromatic heterocycles. The second-order valence-electron chi connectivity index (χ2n) is 6.35. The predicted octanol–water partition coefficient (Wildman–Crippen LogP) is 3.08. The molecule has 0 unspecified atom stereocenters. The largest absolute Gasteiger partial charge is 0.367 e. The second kappa shape index (κ2) is 8.51. The van der Waals surface area contributed by atoms with Gasteiger partial charge in [-0.15, -0.1) is 0 Å². The minimum atomic E-state index is -1.06. The van der Waals surface area contributed by atoms with E-state index in [4.69, 9.17) is 0 Å². The Balaban J connectivity index is 1.73. The molecule has 0 aliphatic heterocycles. The SMILES string of the molecule is CSc1nc(NC(C)C)c2cnn(CCNC(=O)c3ccc(F)c(F)c3)c2n1. The molecule has 3 rings (SSSR count). The van der Waals surface area contributed by atoms with Crippen LogP contribution in [0.15, 0.2) is 29.6 Å². The van der Waals surface area contributed by atoms with Crippen LogP contribution in [0.5, 0.6) is 0 Å². The van der Waals surface area contributed by atoms with Gasteiger partial charge in [-0.1, -0.05) is 11.8 Å². The van der Waals surface area contributed by atoms with Gasteiger partial charge in [-0.05, 0) is 38.3 Å². The normalized spacial score (nSPS) is 11.2. The number of halogens is 2. The van der Waals surface area contributed by atoms with Crippen molar-refractivity contribution in [2.45, 2.75) is 31.6 Å². The molecule has 2 heterocycles. The highest BCUT2D eigenvalue weighted by molar-refractivity contribution is 7.98. The Bertz CT molecular complexity index is 1010. The lowest BCUT2D eigenvalue weighted by atomic mass is 10.2. The summed E-state index contributed by atoms with van der Waals surface area (Å²) in [6.07, 6.45) is 3.57. The Morgan fingerprint density at radius 1 is 1.25 bits per heavy atom. The summed E-state index contributed by atoms with van der Waals surface area (Å²) in [5.74, 6) is -1.83. The average molecular weight is 406 g/mol. The predicted molar refractivity (Wildman–Crippen MR) is 105 cm³/mol. The first-order valence-electron chi connectivity index (χ1n) is 8.66. The number of carbonyl (C=O) groups is 1. The molecular weight excluding hydrogens is 386 g/mol. The van der Waals surface area contributed by atoms with Gasteiger partial charge in [0.25, 0.3) is 5.91 Å². The number of nitrogens with one attached hydrogen (secondary N) is 2. The highest BCUT2D eigenvalue weighted by Gasteiger charge is 2.14. The maximum atomic E-state index is 13.3. The molecule has 10 heteroatoms. The summed E-state index contributed by atoms with van der Waals surface area (Å²) in [7, 11) is 0. The van der Waals surface area contributed by atoms with Crippen molar-refractivity contribution in [2.24, 2.45) is 0 Å². The number of hydrogen-bond acceptors (Lipinski definition) is 6. The second-order valence-corrected chi connectivity index (χ2v) is 7.12. The molecule has 28 heavy (non-hydrogen) atoms. The number of anilines is 1. The van der Waals surface area contributed by atoms with Crippen molar-refractivity contribution < 1.29 is 13.6 Å². The van der Waals surface area contributed by atoms with Gasteiger partial charge in [-0.3, -0.25) is 4.79 Å². The van der Waals surface area contributed by atoms with Crippen molar-refractivity contribution in [1.82, 2.24) is 25.1 Å². The first kappa shape index (κ1) is 20.0. The number of nitrogens with zero attached hydrogens (tertiary/aromatic N) is 4. The molecule has 0 aliphatic rings. The van der Waals surface area contributed by atoms with Crippen LogP contribution < -0.4 is 10.6 Å². The summed E-state index contributed by atoms with van der Waals surface area (Å²) >= 11 is 1.43. The molecule has 0 saturated carbocycles. The Labute approximate surface area is 164 Å². The van der Waals surface area contributed by atoms with Crippen LogP contribution in [-0.4, -0.2) is 44.5 Å². The molecule has 1 amide bonds. The fourth-order valence-corrected chi connectivity index (χ4v) is 2.95. The van der Waals surface area contributed by atoms with E-state index in [1.54, 1.807) is 10.9 Å². The summed E-state index contributed by atoms with van der Waals surface area (Å²) in [6.45, 7) is 4.65. The van der Waals surface area contributed by atoms with Crippen molar-refractivity contribution in [3.05, 3.63) is 41.6 Å². The number of fused-ring (bicyclic) bond motifs is 1. The zero-order valence-corrected chi connectivity index (χ0v) is 16.5. The van der Waals surface area contributed by atoms with E-state index in [0.29, 0.717) is 23.2 Å². The number of carbonyl (C=O) groups excluding carboxylic acids is 1. The molecule has 1 aromatic carbocycles. The Morgan fingerprint density at radius 2 is 2.04 bits per heavy atom. The molecule has 0 saturated heterocycles. The lowest BCUT2D eigenvalue weighted by Gasteiger charge is -2.11. The van der Waals surface area contributed by atoms with Gasteiger partial charge >= 0.3 is 0 Å². The molecular formula is C18H20F2N6OS. The zero-order valence-electron chi connectivity index (χ0n) is 15.7. The van der Waals surface area contributed by atoms with E-state index in [2.05, 4.69) is 25.7 Å². The smallest absolute Gasteiger partial charge is 0.251 e. The average Bonchev–Trinajstić information content (AvgIpc) is 3.06. The van der Waals surface area contributed by atoms with E-state index >= 15 is 0 Å². The molecule has 0 bridgehead atoms. The molecule has 0 atom stereocenters. The van der Waals surface area contributed by atoms with Crippen LogP contribution in [-0.2, 0) is 6.54 Å². The van der Waals surface area contributed by atoms with E-state index in [-0.39, 0.29) is 18.2 Å². The monoisotopic (exact) mass is 406 g/mol. The van der Waals surface area contributed by atoms with Crippen molar-refractivity contribution in [2.75, 3.05) is 18.1 Å². The number of hydrogen-bond donors (Lipinski definition) is 2. The van der Waals surface area contributed by atoms with Gasteiger partial charge in [0.2, 0.25) is 0 Å². The topological polar surface area (TPSA) is 84.7 Å². The highest BCUT2D eigenvalue weighted by Crippen LogP contribution is 2.23. The quantitative estimate of drug-likeness (QED) is 0.463. The van der Waals surface area contributed by atoms with Gasteiger partial charge in [-0.25, -0.2) is 23.4 Å². The van der Waals surface area contributed by atoms with Crippen LogP contribution in [0, 0.1) is 11.6 Å². The Hall–Kier alpha value is -2.75. The van der Waals surface area contributed by atoms with Crippen molar-refractivity contribution in [3.63, 3.8) is 0 Å². The summed E-state index contributed by atoms with van der Waals surface area (Å²) in [4.78, 5) is 21.1. The van der Waals surface area contributed by atoms with Crippen LogP contribution in [0.2, 0.25) is 0 Å². The van der Waals surface area contributed by atoms with E-state index in [9.17, 15) is 13.6 Å². The van der Waals surface area contributed by atoms with Crippen LogP contribution in [0.25, 0.3) is 11.0 Å². The van der Waals surface area contributed by atoms with Crippen LogP contribution in [0.3, 0.4) is 0 Å². The van der Waals surface area contributed by atoms with Gasteiger partial charge in [0.15, 0.2) is 22.4 Å². The molecule has 0 spiro atoms. The van der Waals surface area contributed by atoms with E-state index in [1.807, 2.05) is 20.1 Å². The fraction of sp³-hybridized carbons (Fsp3) is 0.333. The molecule has 7 nitrogen and oxygen atoms in total. The number of thioether (sulfide) groups is 1. The summed E-state index contributed by atoms with van der Waals surface area (Å²) in [5.41, 5.74) is 0.712. The number of benzene rings is 1. The minimum Gasteiger partial charge on any atom is -0.367 e. The van der Waals surface area contributed by atoms with Gasteiger partial charge in [-0.2, -0.15) is 5.10 Å². The number of aromatic nitrogens is 4. The number of rotatable bonds is 7. The summed E-state index contributed by atoms with van der Waals surface area (Å²) in [6, 6.07) is 3.23. The molecule has 3 aromatic rings. The standard InChI is InChI=1S/C18H20F2N6OS/c1-10(2)23-15-12-9-22-26(16(12)25-18(24-15)28-3)7-6-21-17(27)11-4-5-13(19)14(20)8-11/h4-5,8-10H,6-7H2,1-3H3,(H,21,27)(H,23,24,25). The first-order valence-corrected chi connectivity index (χ1v) is 9.89. The summed E-state index contributed by atoms with van der Waals surface area (Å²) in [5, 5.41) is 11.7. The third-order valence-electron chi connectivity index (χ3n) is 3.87. The third kappa shape index (κ3) is 4.38. The fourth-order valence-electron chi connectivity index (χ4n) is 2.59. The highest BCUT2D eigenvalue weighted by atomic mass is 32.2. The molecule has 0 fully saturated rings. The molecule has 148 valence electrons. The summed E-state index contributed by atoms with van der Waals surface area (Å²) < 4.78 is 27.9. The van der Waals surface area contributed by atoms with Crippen molar-refractivity contribution >= 4 is 34.5 Å². The van der Waals surface area contributed by atoms with Gasteiger partial charge in [0, 0.05) is 18.2 Å². The Kier molecular flexibility index (Phi) is 6.08. The van der Waals surface area contributed by atoms with Crippen molar-refractivity contribution in [3.8, 4) is 0 Å². The zero-order chi connectivity index (χ0) is 20.3. The van der Waals surface area contributed by atoms with E-state index in [0.717, 1.165) is 17.5 Å². The van der Waals surface area contributed by atoms with Crippen LogP contribution in [0.1, 0.15) is 24.2 Å². The Morgan fingerprint density at radius 3 is 2.71 bits per heavy atom. The van der Waals surface area contributed by atoms with Crippen molar-refractivity contribution in [1.29, 1.82) is 0 Å². The third-order valence-corrected chi connectivity index (χ3v) is 4.42. The lowest BCUT2D eigenvalue weighted by molar-refractivity contribution is 0.0951. The maximum absolute atomic E-state index is 13.3. The van der Waals surface area contributed by atoms with Gasteiger partial charge in [0.1, 0.15) is 5.82 Å². The maximum Gasteiger partial charge on any atom is 0.251 e. The van der Waals surface area contributed by atoms with Gasteiger partial charge in [0.05, 0.1) is 18.1 Å². The van der Waals surface area contributed by atoms with E-state index < -0.39 is 17.5 Å². The molecule has 0 aliphatic carbocycles. The molecule has 0 radical (unpaired) electrons. The van der Waals surface area contributed by atoms with E-state index in [1.165, 1.54) is 17.8 Å². The first-order chi connectivity index (χ1) is 13.4. The minimum absolute atomic E-state index is 0.0552. The van der Waals surface area contributed by atoms with Crippen LogP contribution >= 0.6 is 11.8 Å². The number of amides is 1. The van der Waals surface area contributed by atoms with Crippen LogP contribution in [0.4, 0.5) is 14.6 Å². The lowest BCUT2D eigenvalue weighted by Crippen LogP contribution is -2.27. The molecule has 2 N–H and O–H groups in total.